The van der Waals surface area contributed by atoms with E-state index in [1.165, 1.54) is 0 Å². The van der Waals surface area contributed by atoms with Crippen LogP contribution in [0.2, 0.25) is 0 Å². The van der Waals surface area contributed by atoms with Gasteiger partial charge >= 0.3 is 0 Å². The molecule has 0 saturated heterocycles. The summed E-state index contributed by atoms with van der Waals surface area (Å²) in [5.74, 6) is 0.437. The SMILES string of the molecule is CC(C)(C)c1nc(CCN=C(N)Nc2ccccc2)cs1. The Labute approximate surface area is 130 Å². The standard InChI is InChI=1S/C16H22N4S/c1-16(2,3)14-19-13(11-21-14)9-10-18-15(17)20-12-7-5-4-6-8-12/h4-8,11H,9-10H2,1-3H3,(H3,17,18,20). The second kappa shape index (κ2) is 6.72. The van der Waals surface area contributed by atoms with E-state index < -0.39 is 0 Å². The number of aliphatic imine (C=N–C) groups is 1. The Kier molecular flexibility index (Phi) is 4.96. The normalized spacial score (nSPS) is 12.4. The van der Waals surface area contributed by atoms with Gasteiger partial charge in [-0.25, -0.2) is 4.98 Å². The van der Waals surface area contributed by atoms with Gasteiger partial charge in [0.2, 0.25) is 0 Å². The summed E-state index contributed by atoms with van der Waals surface area (Å²) in [5, 5.41) is 6.34. The van der Waals surface area contributed by atoms with Gasteiger partial charge in [0, 0.05) is 29.4 Å². The number of nitrogens with one attached hydrogen (secondary N) is 1. The minimum atomic E-state index is 0.111. The zero-order chi connectivity index (χ0) is 15.3. The third-order valence-corrected chi connectivity index (χ3v) is 4.21. The number of hydrogen-bond donors (Lipinski definition) is 2. The van der Waals surface area contributed by atoms with Crippen LogP contribution in [-0.2, 0) is 11.8 Å². The molecule has 1 aromatic carbocycles. The van der Waals surface area contributed by atoms with Crippen LogP contribution in [0.4, 0.5) is 5.69 Å². The highest BCUT2D eigenvalue weighted by Crippen LogP contribution is 2.25. The fourth-order valence-electron chi connectivity index (χ4n) is 1.77. The maximum absolute atomic E-state index is 5.87. The molecule has 1 aromatic heterocycles. The van der Waals surface area contributed by atoms with Crippen molar-refractivity contribution in [1.29, 1.82) is 0 Å². The second-order valence-corrected chi connectivity index (χ2v) is 6.76. The van der Waals surface area contributed by atoms with Gasteiger partial charge in [-0.15, -0.1) is 11.3 Å². The maximum Gasteiger partial charge on any atom is 0.193 e. The summed E-state index contributed by atoms with van der Waals surface area (Å²) in [6.45, 7) is 7.17. The first-order chi connectivity index (χ1) is 9.95. The zero-order valence-electron chi connectivity index (χ0n) is 12.8. The Bertz CT molecular complexity index is 596. The van der Waals surface area contributed by atoms with E-state index in [0.29, 0.717) is 12.5 Å². The van der Waals surface area contributed by atoms with Gasteiger partial charge < -0.3 is 11.1 Å². The van der Waals surface area contributed by atoms with Crippen LogP contribution in [0.15, 0.2) is 40.7 Å². The summed E-state index contributed by atoms with van der Waals surface area (Å²) in [6, 6.07) is 9.79. The lowest BCUT2D eigenvalue weighted by Crippen LogP contribution is -2.23. The van der Waals surface area contributed by atoms with E-state index in [-0.39, 0.29) is 5.41 Å². The van der Waals surface area contributed by atoms with Gasteiger partial charge in [0.1, 0.15) is 0 Å². The van der Waals surface area contributed by atoms with E-state index >= 15 is 0 Å². The largest absolute Gasteiger partial charge is 0.370 e. The number of thiazole rings is 1. The lowest BCUT2D eigenvalue weighted by atomic mass is 9.98. The summed E-state index contributed by atoms with van der Waals surface area (Å²) in [7, 11) is 0. The van der Waals surface area contributed by atoms with E-state index in [0.717, 1.165) is 22.8 Å². The lowest BCUT2D eigenvalue weighted by molar-refractivity contribution is 0.583. The highest BCUT2D eigenvalue weighted by Gasteiger charge is 2.17. The van der Waals surface area contributed by atoms with E-state index in [1.807, 2.05) is 30.3 Å². The van der Waals surface area contributed by atoms with Crippen molar-refractivity contribution < 1.29 is 0 Å². The van der Waals surface area contributed by atoms with Crippen LogP contribution in [0, 0.1) is 0 Å². The van der Waals surface area contributed by atoms with Crippen LogP contribution in [0.25, 0.3) is 0 Å². The number of para-hydroxylation sites is 1. The molecule has 0 aliphatic rings. The third-order valence-electron chi connectivity index (χ3n) is 2.89. The van der Waals surface area contributed by atoms with Crippen molar-refractivity contribution in [3.05, 3.63) is 46.4 Å². The molecule has 2 rings (SSSR count). The fraction of sp³-hybridized carbons (Fsp3) is 0.375. The molecule has 3 N–H and O–H groups in total. The summed E-state index contributed by atoms with van der Waals surface area (Å²) in [6.07, 6.45) is 0.809. The first-order valence-electron chi connectivity index (χ1n) is 7.02. The van der Waals surface area contributed by atoms with Crippen molar-refractivity contribution in [2.45, 2.75) is 32.6 Å². The predicted octanol–water partition coefficient (Wildman–Crippen LogP) is 3.41. The predicted molar refractivity (Wildman–Crippen MR) is 91.1 cm³/mol. The molecular formula is C16H22N4S. The third kappa shape index (κ3) is 4.86. The summed E-state index contributed by atoms with van der Waals surface area (Å²) in [5.41, 5.74) is 8.01. The quantitative estimate of drug-likeness (QED) is 0.672. The number of hydrogen-bond acceptors (Lipinski definition) is 3. The number of rotatable bonds is 4. The average Bonchev–Trinajstić information content (AvgIpc) is 2.88. The van der Waals surface area contributed by atoms with Crippen molar-refractivity contribution >= 4 is 23.0 Å². The minimum absolute atomic E-state index is 0.111. The molecule has 0 aliphatic heterocycles. The van der Waals surface area contributed by atoms with Crippen molar-refractivity contribution in [1.82, 2.24) is 4.98 Å². The summed E-state index contributed by atoms with van der Waals surface area (Å²) < 4.78 is 0. The van der Waals surface area contributed by atoms with E-state index in [4.69, 9.17) is 5.73 Å². The average molecular weight is 302 g/mol. The molecule has 2 aromatic rings. The summed E-state index contributed by atoms with van der Waals surface area (Å²) >= 11 is 1.71. The lowest BCUT2D eigenvalue weighted by Gasteiger charge is -2.13. The van der Waals surface area contributed by atoms with Gasteiger partial charge in [-0.2, -0.15) is 0 Å². The number of anilines is 1. The van der Waals surface area contributed by atoms with Gasteiger partial charge in [0.05, 0.1) is 10.7 Å². The Morgan fingerprint density at radius 2 is 2.00 bits per heavy atom. The first-order valence-corrected chi connectivity index (χ1v) is 7.90. The first kappa shape index (κ1) is 15.5. The molecule has 0 amide bonds. The minimum Gasteiger partial charge on any atom is -0.370 e. The molecule has 0 radical (unpaired) electrons. The number of nitrogens with zero attached hydrogens (tertiary/aromatic N) is 2. The molecule has 4 nitrogen and oxygen atoms in total. The van der Waals surface area contributed by atoms with E-state index in [1.54, 1.807) is 11.3 Å². The Morgan fingerprint density at radius 3 is 2.62 bits per heavy atom. The second-order valence-electron chi connectivity index (χ2n) is 5.90. The van der Waals surface area contributed by atoms with Crippen molar-refractivity contribution in [2.75, 3.05) is 11.9 Å². The fourth-order valence-corrected chi connectivity index (χ4v) is 2.71. The molecule has 0 spiro atoms. The highest BCUT2D eigenvalue weighted by atomic mass is 32.1. The number of nitrogens with two attached hydrogens (primary N) is 1. The van der Waals surface area contributed by atoms with Gasteiger partial charge in [-0.1, -0.05) is 39.0 Å². The summed E-state index contributed by atoms with van der Waals surface area (Å²) in [4.78, 5) is 8.98. The van der Waals surface area contributed by atoms with Crippen LogP contribution in [0.3, 0.4) is 0 Å². The molecule has 5 heteroatoms. The topological polar surface area (TPSA) is 63.3 Å². The van der Waals surface area contributed by atoms with Gasteiger partial charge in [0.25, 0.3) is 0 Å². The van der Waals surface area contributed by atoms with Gasteiger partial charge in [-0.3, -0.25) is 4.99 Å². The van der Waals surface area contributed by atoms with Crippen LogP contribution in [0.1, 0.15) is 31.5 Å². The number of benzene rings is 1. The van der Waals surface area contributed by atoms with E-state index in [2.05, 4.69) is 41.4 Å². The van der Waals surface area contributed by atoms with Gasteiger partial charge in [-0.05, 0) is 12.1 Å². The molecule has 0 bridgehead atoms. The Morgan fingerprint density at radius 1 is 1.29 bits per heavy atom. The van der Waals surface area contributed by atoms with Crippen molar-refractivity contribution in [3.8, 4) is 0 Å². The monoisotopic (exact) mass is 302 g/mol. The molecule has 0 unspecified atom stereocenters. The molecule has 0 atom stereocenters. The van der Waals surface area contributed by atoms with Gasteiger partial charge in [0.15, 0.2) is 5.96 Å². The molecule has 0 aliphatic carbocycles. The zero-order valence-corrected chi connectivity index (χ0v) is 13.6. The maximum atomic E-state index is 5.87. The molecule has 0 fully saturated rings. The molecule has 1 heterocycles. The molecule has 21 heavy (non-hydrogen) atoms. The molecule has 0 saturated carbocycles. The Hall–Kier alpha value is -1.88. The van der Waals surface area contributed by atoms with Crippen LogP contribution < -0.4 is 11.1 Å². The highest BCUT2D eigenvalue weighted by molar-refractivity contribution is 7.09. The van der Waals surface area contributed by atoms with Crippen molar-refractivity contribution in [2.24, 2.45) is 10.7 Å². The molecule has 112 valence electrons. The van der Waals surface area contributed by atoms with Crippen LogP contribution in [0.5, 0.6) is 0 Å². The Balaban J connectivity index is 1.86. The number of guanidine groups is 1. The number of aromatic nitrogens is 1. The smallest absolute Gasteiger partial charge is 0.193 e. The van der Waals surface area contributed by atoms with Crippen LogP contribution >= 0.6 is 11.3 Å². The van der Waals surface area contributed by atoms with E-state index in [9.17, 15) is 0 Å². The van der Waals surface area contributed by atoms with Crippen LogP contribution in [-0.4, -0.2) is 17.5 Å². The molecular weight excluding hydrogens is 280 g/mol. The van der Waals surface area contributed by atoms with Crippen molar-refractivity contribution in [3.63, 3.8) is 0 Å².